The molecule has 3 heteroatoms. The van der Waals surface area contributed by atoms with E-state index in [1.807, 2.05) is 12.1 Å². The fourth-order valence-electron chi connectivity index (χ4n) is 2.31. The average Bonchev–Trinajstić information content (AvgIpc) is 2.54. The molecule has 0 bridgehead atoms. The fraction of sp³-hybridized carbons (Fsp3) is 0.333. The summed E-state index contributed by atoms with van der Waals surface area (Å²) in [7, 11) is 0. The lowest BCUT2D eigenvalue weighted by Gasteiger charge is -2.17. The molecule has 1 aromatic heterocycles. The summed E-state index contributed by atoms with van der Waals surface area (Å²) in [5, 5.41) is 2.05. The molecular formula is C12H12ClNO. The van der Waals surface area contributed by atoms with Gasteiger partial charge in [-0.05, 0) is 30.7 Å². The van der Waals surface area contributed by atoms with Crippen LogP contribution in [-0.2, 0) is 17.9 Å². The predicted molar refractivity (Wildman–Crippen MR) is 61.3 cm³/mol. The molecule has 15 heavy (non-hydrogen) atoms. The molecule has 1 aromatic carbocycles. The molecule has 0 aliphatic carbocycles. The third kappa shape index (κ3) is 1.29. The molecule has 0 radical (unpaired) electrons. The van der Waals surface area contributed by atoms with E-state index in [1.54, 1.807) is 0 Å². The summed E-state index contributed by atoms with van der Waals surface area (Å²) >= 11 is 6.01. The average molecular weight is 222 g/mol. The number of ether oxygens (including phenoxy) is 1. The molecule has 1 aliphatic heterocycles. The SMILES string of the molecule is Cc1c2n(c3ccc(Cl)cc13)CCOC2. The van der Waals surface area contributed by atoms with Gasteiger partial charge in [0, 0.05) is 28.2 Å². The maximum Gasteiger partial charge on any atom is 0.0871 e. The molecule has 3 rings (SSSR count). The van der Waals surface area contributed by atoms with Crippen LogP contribution in [0, 0.1) is 6.92 Å². The van der Waals surface area contributed by atoms with Crippen LogP contribution in [-0.4, -0.2) is 11.2 Å². The number of halogens is 1. The minimum Gasteiger partial charge on any atom is -0.373 e. The van der Waals surface area contributed by atoms with Crippen molar-refractivity contribution < 1.29 is 4.74 Å². The van der Waals surface area contributed by atoms with Crippen LogP contribution in [0.1, 0.15) is 11.3 Å². The Balaban J connectivity index is 2.38. The van der Waals surface area contributed by atoms with E-state index in [2.05, 4.69) is 17.6 Å². The van der Waals surface area contributed by atoms with Crippen LogP contribution in [0.5, 0.6) is 0 Å². The van der Waals surface area contributed by atoms with Gasteiger partial charge in [-0.3, -0.25) is 0 Å². The second-order valence-corrected chi connectivity index (χ2v) is 4.37. The summed E-state index contributed by atoms with van der Waals surface area (Å²) < 4.78 is 7.82. The zero-order valence-electron chi connectivity index (χ0n) is 8.59. The van der Waals surface area contributed by atoms with E-state index in [-0.39, 0.29) is 0 Å². The van der Waals surface area contributed by atoms with Gasteiger partial charge < -0.3 is 9.30 Å². The van der Waals surface area contributed by atoms with E-state index in [1.165, 1.54) is 22.2 Å². The van der Waals surface area contributed by atoms with Crippen molar-refractivity contribution in [2.75, 3.05) is 6.61 Å². The van der Waals surface area contributed by atoms with Crippen LogP contribution in [0.2, 0.25) is 5.02 Å². The van der Waals surface area contributed by atoms with E-state index in [0.29, 0.717) is 0 Å². The first-order chi connectivity index (χ1) is 7.27. The minimum absolute atomic E-state index is 0.720. The Morgan fingerprint density at radius 1 is 1.40 bits per heavy atom. The molecular weight excluding hydrogens is 210 g/mol. The van der Waals surface area contributed by atoms with Crippen LogP contribution in [0.4, 0.5) is 0 Å². The molecule has 0 spiro atoms. The highest BCUT2D eigenvalue weighted by atomic mass is 35.5. The fourth-order valence-corrected chi connectivity index (χ4v) is 2.49. The molecule has 0 unspecified atom stereocenters. The first-order valence-electron chi connectivity index (χ1n) is 5.12. The second-order valence-electron chi connectivity index (χ2n) is 3.94. The van der Waals surface area contributed by atoms with Crippen molar-refractivity contribution in [1.82, 2.24) is 4.57 Å². The lowest BCUT2D eigenvalue weighted by Crippen LogP contribution is -2.16. The number of aromatic nitrogens is 1. The van der Waals surface area contributed by atoms with Gasteiger partial charge >= 0.3 is 0 Å². The Bertz CT molecular complexity index is 530. The summed E-state index contributed by atoms with van der Waals surface area (Å²) in [6.45, 7) is 4.61. The van der Waals surface area contributed by atoms with Gasteiger partial charge in [0.1, 0.15) is 0 Å². The van der Waals surface area contributed by atoms with Crippen molar-refractivity contribution in [2.45, 2.75) is 20.1 Å². The number of nitrogens with zero attached hydrogens (tertiary/aromatic N) is 1. The highest BCUT2D eigenvalue weighted by Crippen LogP contribution is 2.30. The molecule has 0 saturated carbocycles. The highest BCUT2D eigenvalue weighted by molar-refractivity contribution is 6.31. The maximum absolute atomic E-state index is 6.01. The predicted octanol–water partition coefficient (Wildman–Crippen LogP) is 3.13. The number of hydrogen-bond acceptors (Lipinski definition) is 1. The van der Waals surface area contributed by atoms with Gasteiger partial charge in [-0.2, -0.15) is 0 Å². The first-order valence-corrected chi connectivity index (χ1v) is 5.50. The molecule has 0 saturated heterocycles. The third-order valence-electron chi connectivity index (χ3n) is 3.11. The molecule has 2 aromatic rings. The zero-order chi connectivity index (χ0) is 10.4. The maximum atomic E-state index is 6.01. The van der Waals surface area contributed by atoms with E-state index >= 15 is 0 Å². The first kappa shape index (κ1) is 9.25. The summed E-state index contributed by atoms with van der Waals surface area (Å²) in [4.78, 5) is 0. The Morgan fingerprint density at radius 3 is 3.13 bits per heavy atom. The molecule has 0 atom stereocenters. The molecule has 2 nitrogen and oxygen atoms in total. The van der Waals surface area contributed by atoms with Crippen LogP contribution < -0.4 is 0 Å². The summed E-state index contributed by atoms with van der Waals surface area (Å²) in [5.74, 6) is 0. The topological polar surface area (TPSA) is 14.2 Å². The minimum atomic E-state index is 0.720. The van der Waals surface area contributed by atoms with E-state index in [4.69, 9.17) is 16.3 Å². The third-order valence-corrected chi connectivity index (χ3v) is 3.35. The lowest BCUT2D eigenvalue weighted by molar-refractivity contribution is 0.0860. The number of benzene rings is 1. The second kappa shape index (κ2) is 3.26. The Morgan fingerprint density at radius 2 is 2.27 bits per heavy atom. The number of rotatable bonds is 0. The van der Waals surface area contributed by atoms with Crippen LogP contribution in [0.3, 0.4) is 0 Å². The molecule has 2 heterocycles. The smallest absolute Gasteiger partial charge is 0.0871 e. The number of fused-ring (bicyclic) bond motifs is 3. The molecule has 78 valence electrons. The van der Waals surface area contributed by atoms with Crippen LogP contribution in [0.25, 0.3) is 10.9 Å². The monoisotopic (exact) mass is 221 g/mol. The van der Waals surface area contributed by atoms with Gasteiger partial charge in [0.15, 0.2) is 0 Å². The molecule has 0 amide bonds. The van der Waals surface area contributed by atoms with Crippen molar-refractivity contribution >= 4 is 22.5 Å². The number of aryl methyl sites for hydroxylation is 1. The highest BCUT2D eigenvalue weighted by Gasteiger charge is 2.17. The van der Waals surface area contributed by atoms with Gasteiger partial charge in [-0.1, -0.05) is 11.6 Å². The van der Waals surface area contributed by atoms with E-state index < -0.39 is 0 Å². The molecule has 1 aliphatic rings. The Kier molecular flexibility index (Phi) is 2.01. The Labute approximate surface area is 93.4 Å². The van der Waals surface area contributed by atoms with Gasteiger partial charge in [-0.15, -0.1) is 0 Å². The summed E-state index contributed by atoms with van der Waals surface area (Å²) in [6.07, 6.45) is 0. The van der Waals surface area contributed by atoms with Crippen molar-refractivity contribution in [2.24, 2.45) is 0 Å². The molecule has 0 fully saturated rings. The van der Waals surface area contributed by atoms with Crippen molar-refractivity contribution in [1.29, 1.82) is 0 Å². The summed E-state index contributed by atoms with van der Waals surface area (Å²) in [6, 6.07) is 6.09. The summed E-state index contributed by atoms with van der Waals surface area (Å²) in [5.41, 5.74) is 3.86. The normalized spacial score (nSPS) is 15.6. The van der Waals surface area contributed by atoms with Gasteiger partial charge in [0.2, 0.25) is 0 Å². The van der Waals surface area contributed by atoms with Gasteiger partial charge in [-0.25, -0.2) is 0 Å². The zero-order valence-corrected chi connectivity index (χ0v) is 9.34. The van der Waals surface area contributed by atoms with Crippen molar-refractivity contribution in [3.05, 3.63) is 34.5 Å². The van der Waals surface area contributed by atoms with Gasteiger partial charge in [0.25, 0.3) is 0 Å². The van der Waals surface area contributed by atoms with Gasteiger partial charge in [0.05, 0.1) is 13.2 Å². The lowest BCUT2D eigenvalue weighted by atomic mass is 10.1. The quantitative estimate of drug-likeness (QED) is 0.667. The van der Waals surface area contributed by atoms with E-state index in [0.717, 1.165) is 24.8 Å². The molecule has 0 N–H and O–H groups in total. The number of hydrogen-bond donors (Lipinski definition) is 0. The standard InChI is InChI=1S/C12H12ClNO/c1-8-10-6-9(13)2-3-11(10)14-4-5-15-7-12(8)14/h2-3,6H,4-5,7H2,1H3. The van der Waals surface area contributed by atoms with Crippen molar-refractivity contribution in [3.8, 4) is 0 Å². The van der Waals surface area contributed by atoms with Crippen molar-refractivity contribution in [3.63, 3.8) is 0 Å². The van der Waals surface area contributed by atoms with Crippen LogP contribution in [0.15, 0.2) is 18.2 Å². The largest absolute Gasteiger partial charge is 0.373 e. The van der Waals surface area contributed by atoms with E-state index in [9.17, 15) is 0 Å². The van der Waals surface area contributed by atoms with Crippen LogP contribution >= 0.6 is 11.6 Å². The Hall–Kier alpha value is -0.990.